The van der Waals surface area contributed by atoms with Gasteiger partial charge in [0.2, 0.25) is 34.8 Å². The summed E-state index contributed by atoms with van der Waals surface area (Å²) in [5.41, 5.74) is -0.882. The molecule has 1 amide bonds. The van der Waals surface area contributed by atoms with E-state index in [1.807, 2.05) is 5.32 Å². The van der Waals surface area contributed by atoms with Crippen molar-refractivity contribution in [2.24, 2.45) is 0 Å². The van der Waals surface area contributed by atoms with Gasteiger partial charge in [-0.3, -0.25) is 0 Å². The standard InChI is InChI=1S/C85H57F12NO22/c86-48-23-9-41(10-24-48)75(99)108-39-61-68(114-77(101)43-13-27-50(88)28-14-43)71(116-78(102)44-15-29-51(89)30-16-44)74(119-81(105)47-21-35-54(92)36-22-47)84(113-61)120-69-62(40-109-76(100)42-11-25-49(87)26-12-42)112-83(73(118-80(104)46-19-33-53(91)34-20-46)72(69)117-79(103)45-17-31-52(90)32-18-45)110-38-60(82(106)115-70-66(96)64(94)63(93)65(95)67(70)97)98-85(107)111-37-59-57-7-3-1-5-55(57)56-6-2-4-8-58(56)59/h1-36,59-62,68-69,71-74,83-84H,37-40H2,(H,98,107)/t60-,61+,62+,68-,69+,71-,72-,73+,74+,83+,84-/m0/s1. The predicted octanol–water partition coefficient (Wildman–Crippen LogP) is 13.9. The van der Waals surface area contributed by atoms with Crippen molar-refractivity contribution in [3.63, 3.8) is 0 Å². The first kappa shape index (κ1) is 84.2. The van der Waals surface area contributed by atoms with E-state index in [4.69, 9.17) is 61.6 Å². The molecular formula is C85H57F12NO22. The zero-order valence-corrected chi connectivity index (χ0v) is 61.1. The first-order valence-corrected chi connectivity index (χ1v) is 35.7. The van der Waals surface area contributed by atoms with Gasteiger partial charge in [-0.05, 0) is 192 Å². The Morgan fingerprint density at radius 2 is 0.617 bits per heavy atom. The normalized spacial score (nSPS) is 19.4. The second kappa shape index (κ2) is 37.2. The number of hydrogen-bond acceptors (Lipinski definition) is 22. The minimum absolute atomic E-state index is 0.371. The Bertz CT molecular complexity index is 5410. The highest BCUT2D eigenvalue weighted by atomic mass is 19.2. The largest absolute Gasteiger partial charge is 0.459 e. The van der Waals surface area contributed by atoms with E-state index < -0.39 is 263 Å². The van der Waals surface area contributed by atoms with Crippen LogP contribution in [-0.2, 0) is 61.6 Å². The van der Waals surface area contributed by atoms with E-state index >= 15 is 13.6 Å². The van der Waals surface area contributed by atoms with E-state index in [0.29, 0.717) is 22.3 Å². The van der Waals surface area contributed by atoms with E-state index in [1.165, 1.54) is 0 Å². The molecular weight excluding hydrogens is 1610 g/mol. The van der Waals surface area contributed by atoms with Gasteiger partial charge in [0.05, 0.1) is 45.6 Å². The van der Waals surface area contributed by atoms with Gasteiger partial charge in [0, 0.05) is 5.92 Å². The van der Waals surface area contributed by atoms with Crippen LogP contribution in [0.3, 0.4) is 0 Å². The number of ether oxygens (including phenoxy) is 13. The van der Waals surface area contributed by atoms with Gasteiger partial charge in [0.1, 0.15) is 78.9 Å². The number of amides is 1. The van der Waals surface area contributed by atoms with E-state index in [-0.39, 0.29) is 5.56 Å². The average molecular weight is 1670 g/mol. The highest BCUT2D eigenvalue weighted by Gasteiger charge is 2.59. The van der Waals surface area contributed by atoms with Crippen LogP contribution in [0.4, 0.5) is 57.5 Å². The first-order chi connectivity index (χ1) is 57.6. The van der Waals surface area contributed by atoms with Gasteiger partial charge in [-0.25, -0.2) is 87.1 Å². The molecule has 0 unspecified atom stereocenters. The lowest BCUT2D eigenvalue weighted by Gasteiger charge is -2.49. The molecule has 0 aromatic heterocycles. The number of esters is 8. The Morgan fingerprint density at radius 3 is 0.992 bits per heavy atom. The molecule has 1 N–H and O–H groups in total. The molecule has 2 aliphatic heterocycles. The molecule has 618 valence electrons. The summed E-state index contributed by atoms with van der Waals surface area (Å²) in [4.78, 5) is 132. The molecule has 13 rings (SSSR count). The van der Waals surface area contributed by atoms with Crippen LogP contribution >= 0.6 is 0 Å². The van der Waals surface area contributed by atoms with Crippen LogP contribution in [-0.4, -0.2) is 148 Å². The molecule has 0 saturated carbocycles. The molecule has 3 aliphatic rings. The Labute approximate surface area is 669 Å². The fraction of sp³-hybridized carbons (Fsp3) is 0.188. The van der Waals surface area contributed by atoms with Crippen LogP contribution in [0.25, 0.3) is 11.1 Å². The van der Waals surface area contributed by atoms with Crippen molar-refractivity contribution in [2.45, 2.75) is 73.4 Å². The number of rotatable bonds is 26. The molecule has 1 aliphatic carbocycles. The van der Waals surface area contributed by atoms with Crippen LogP contribution in [0, 0.1) is 69.8 Å². The molecule has 0 bridgehead atoms. The molecule has 2 saturated heterocycles. The number of benzene rings is 10. The molecule has 0 radical (unpaired) electrons. The smallest absolute Gasteiger partial charge is 0.407 e. The highest BCUT2D eigenvalue weighted by Crippen LogP contribution is 2.45. The summed E-state index contributed by atoms with van der Waals surface area (Å²) in [6.45, 7) is -4.81. The van der Waals surface area contributed by atoms with Crippen molar-refractivity contribution in [3.8, 4) is 16.9 Å². The van der Waals surface area contributed by atoms with Crippen molar-refractivity contribution in [1.29, 1.82) is 0 Å². The second-order valence-electron chi connectivity index (χ2n) is 26.5. The maximum absolute atomic E-state index is 15.6. The van der Waals surface area contributed by atoms with Gasteiger partial charge >= 0.3 is 53.8 Å². The van der Waals surface area contributed by atoms with Gasteiger partial charge < -0.3 is 66.9 Å². The topological polar surface area (TPSA) is 286 Å². The van der Waals surface area contributed by atoms with Crippen molar-refractivity contribution in [2.75, 3.05) is 26.4 Å². The van der Waals surface area contributed by atoms with E-state index in [2.05, 4.69) is 0 Å². The number of halogens is 12. The number of nitrogens with one attached hydrogen (secondary N) is 1. The van der Waals surface area contributed by atoms with Crippen molar-refractivity contribution < 1.29 is 157 Å². The lowest BCUT2D eigenvalue weighted by Crippen LogP contribution is -2.67. The first-order valence-electron chi connectivity index (χ1n) is 35.7. The summed E-state index contributed by atoms with van der Waals surface area (Å²) in [6.07, 6.45) is -27.3. The maximum Gasteiger partial charge on any atom is 0.407 e. The van der Waals surface area contributed by atoms with Crippen molar-refractivity contribution in [3.05, 3.63) is 338 Å². The molecule has 0 spiro atoms. The Morgan fingerprint density at radius 1 is 0.317 bits per heavy atom. The van der Waals surface area contributed by atoms with Crippen LogP contribution in [0.15, 0.2) is 218 Å². The lowest BCUT2D eigenvalue weighted by atomic mass is 9.95. The molecule has 10 aromatic rings. The van der Waals surface area contributed by atoms with Gasteiger partial charge in [0.15, 0.2) is 49.1 Å². The minimum Gasteiger partial charge on any atom is -0.459 e. The molecule has 10 aromatic carbocycles. The van der Waals surface area contributed by atoms with Gasteiger partial charge in [-0.15, -0.1) is 0 Å². The van der Waals surface area contributed by atoms with Crippen molar-refractivity contribution in [1.82, 2.24) is 5.32 Å². The van der Waals surface area contributed by atoms with Crippen molar-refractivity contribution >= 4 is 53.8 Å². The van der Waals surface area contributed by atoms with E-state index in [9.17, 15) is 82.3 Å². The summed E-state index contributed by atoms with van der Waals surface area (Å²) < 4.78 is 256. The summed E-state index contributed by atoms with van der Waals surface area (Å²) >= 11 is 0. The Hall–Kier alpha value is -13.8. The second-order valence-corrected chi connectivity index (χ2v) is 26.5. The third kappa shape index (κ3) is 19.6. The average Bonchev–Trinajstić information content (AvgIpc) is 1.40. The summed E-state index contributed by atoms with van der Waals surface area (Å²) in [5, 5.41) is 2.02. The monoisotopic (exact) mass is 1670 g/mol. The Kier molecular flexibility index (Phi) is 26.1. The predicted molar refractivity (Wildman–Crippen MR) is 383 cm³/mol. The number of carbonyl (C=O) groups is 9. The Balaban J connectivity index is 0.965. The number of fused-ring (bicyclic) bond motifs is 3. The van der Waals surface area contributed by atoms with Gasteiger partial charge in [0.25, 0.3) is 0 Å². The summed E-state index contributed by atoms with van der Waals surface area (Å²) in [6, 6.07) is 34.4. The lowest BCUT2D eigenvalue weighted by molar-refractivity contribution is -0.356. The molecule has 2 heterocycles. The van der Waals surface area contributed by atoms with Gasteiger partial charge in [-0.2, -0.15) is 8.78 Å². The highest BCUT2D eigenvalue weighted by molar-refractivity contribution is 5.93. The maximum atomic E-state index is 15.6. The minimum atomic E-state index is -2.74. The fourth-order valence-corrected chi connectivity index (χ4v) is 12.8. The van der Waals surface area contributed by atoms with Crippen LogP contribution in [0.2, 0.25) is 0 Å². The van der Waals surface area contributed by atoms with Crippen LogP contribution in [0.5, 0.6) is 5.75 Å². The quantitative estimate of drug-likeness (QED) is 0.0132. The molecule has 120 heavy (non-hydrogen) atoms. The number of hydrogen-bond donors (Lipinski definition) is 1. The van der Waals surface area contributed by atoms with Gasteiger partial charge in [-0.1, -0.05) is 48.5 Å². The van der Waals surface area contributed by atoms with Crippen LogP contribution < -0.4 is 10.1 Å². The summed E-state index contributed by atoms with van der Waals surface area (Å²) in [5.74, 6) is -35.4. The number of carbonyl (C=O) groups excluding carboxylic acids is 9. The van der Waals surface area contributed by atoms with E-state index in [0.717, 1.165) is 170 Å². The molecule has 23 nitrogen and oxygen atoms in total. The molecule has 11 atom stereocenters. The SMILES string of the molecule is O=C(N[C@@H](CO[C@@H]1O[C@H](COC(=O)c2ccc(F)cc2)[C@@H](O[C@@H]2O[C@H](COC(=O)c3ccc(F)cc3)[C@H](OC(=O)c3ccc(F)cc3)[C@H](OC(=O)c3ccc(F)cc3)[C@H]2OC(=O)c2ccc(F)cc2)[C@H](OC(=O)c2ccc(F)cc2)[C@H]1OC(=O)c1ccc(F)cc1)C(=O)Oc1c(F)c(F)c(F)c(F)c1F)OCC1c2ccccc2-c2ccccc21. The third-order valence-corrected chi connectivity index (χ3v) is 18.7. The number of alkyl carbamates (subject to hydrolysis) is 1. The fourth-order valence-electron chi connectivity index (χ4n) is 12.8. The molecule has 2 fully saturated rings. The summed E-state index contributed by atoms with van der Waals surface area (Å²) in [7, 11) is 0. The zero-order valence-electron chi connectivity index (χ0n) is 61.1. The van der Waals surface area contributed by atoms with E-state index in [1.54, 1.807) is 48.5 Å². The molecule has 35 heteroatoms. The third-order valence-electron chi connectivity index (χ3n) is 18.7. The van der Waals surface area contributed by atoms with Crippen LogP contribution in [0.1, 0.15) is 89.6 Å². The zero-order chi connectivity index (χ0) is 85.2.